The Kier molecular flexibility index (Phi) is 3.77. The summed E-state index contributed by atoms with van der Waals surface area (Å²) in [6, 6.07) is 18.3. The first kappa shape index (κ1) is 16.0. The highest BCUT2D eigenvalue weighted by molar-refractivity contribution is 6.34. The van der Waals surface area contributed by atoms with Gasteiger partial charge in [-0.3, -0.25) is 9.59 Å². The molecule has 1 aliphatic heterocycles. The summed E-state index contributed by atoms with van der Waals surface area (Å²) in [6.45, 7) is 0. The zero-order valence-corrected chi connectivity index (χ0v) is 13.9. The molecule has 26 heavy (non-hydrogen) atoms. The molecule has 1 heterocycles. The maximum absolute atomic E-state index is 14.0. The van der Waals surface area contributed by atoms with Crippen molar-refractivity contribution in [2.24, 2.45) is 0 Å². The molecule has 0 radical (unpaired) electrons. The predicted molar refractivity (Wildman–Crippen MR) is 96.0 cm³/mol. The van der Waals surface area contributed by atoms with Gasteiger partial charge in [0.05, 0.1) is 23.9 Å². The van der Waals surface area contributed by atoms with Crippen LogP contribution in [0.3, 0.4) is 0 Å². The van der Waals surface area contributed by atoms with Crippen LogP contribution in [-0.2, 0) is 0 Å². The van der Waals surface area contributed by atoms with Gasteiger partial charge >= 0.3 is 0 Å². The molecule has 4 rings (SSSR count). The van der Waals surface area contributed by atoms with Gasteiger partial charge in [0, 0.05) is 0 Å². The summed E-state index contributed by atoms with van der Waals surface area (Å²) in [5.74, 6) is -1.03. The van der Waals surface area contributed by atoms with Crippen molar-refractivity contribution in [1.29, 1.82) is 0 Å². The molecule has 0 unspecified atom stereocenters. The first-order chi connectivity index (χ1) is 12.6. The molecule has 3 aromatic carbocycles. The SMILES string of the molecule is COc1ccc(-c2cccc(N3C(=O)c4ccccc4C3=O)c2)cc1F. The van der Waals surface area contributed by atoms with Crippen LogP contribution in [0.25, 0.3) is 11.1 Å². The second-order valence-electron chi connectivity index (χ2n) is 5.89. The lowest BCUT2D eigenvalue weighted by molar-refractivity contribution is 0.0926. The van der Waals surface area contributed by atoms with E-state index in [-0.39, 0.29) is 17.6 Å². The summed E-state index contributed by atoms with van der Waals surface area (Å²) in [6.07, 6.45) is 0. The fourth-order valence-corrected chi connectivity index (χ4v) is 3.09. The molecule has 1 aliphatic rings. The van der Waals surface area contributed by atoms with Crippen LogP contribution in [0.2, 0.25) is 0 Å². The lowest BCUT2D eigenvalue weighted by Crippen LogP contribution is -2.29. The molecule has 0 bridgehead atoms. The van der Waals surface area contributed by atoms with Crippen LogP contribution in [-0.4, -0.2) is 18.9 Å². The van der Waals surface area contributed by atoms with E-state index in [2.05, 4.69) is 0 Å². The van der Waals surface area contributed by atoms with Gasteiger partial charge in [-0.15, -0.1) is 0 Å². The number of halogens is 1. The molecule has 3 aromatic rings. The maximum Gasteiger partial charge on any atom is 0.266 e. The zero-order chi connectivity index (χ0) is 18.3. The molecule has 0 saturated carbocycles. The second-order valence-corrected chi connectivity index (χ2v) is 5.89. The predicted octanol–water partition coefficient (Wildman–Crippen LogP) is 4.30. The normalized spacial score (nSPS) is 13.1. The van der Waals surface area contributed by atoms with E-state index in [1.807, 2.05) is 0 Å². The quantitative estimate of drug-likeness (QED) is 0.664. The Morgan fingerprint density at radius 1 is 0.808 bits per heavy atom. The summed E-state index contributed by atoms with van der Waals surface area (Å²) in [7, 11) is 1.40. The van der Waals surface area contributed by atoms with E-state index in [1.165, 1.54) is 13.2 Å². The van der Waals surface area contributed by atoms with E-state index in [1.54, 1.807) is 60.7 Å². The van der Waals surface area contributed by atoms with E-state index in [4.69, 9.17) is 4.74 Å². The highest BCUT2D eigenvalue weighted by atomic mass is 19.1. The Balaban J connectivity index is 1.75. The molecule has 4 nitrogen and oxygen atoms in total. The Labute approximate surface area is 149 Å². The van der Waals surface area contributed by atoms with Gasteiger partial charge in [0.25, 0.3) is 11.8 Å². The lowest BCUT2D eigenvalue weighted by atomic mass is 10.0. The number of carbonyl (C=O) groups excluding carboxylic acids is 2. The third-order valence-electron chi connectivity index (χ3n) is 4.38. The van der Waals surface area contributed by atoms with Crippen molar-refractivity contribution in [2.75, 3.05) is 12.0 Å². The standard InChI is InChI=1S/C21H14FNO3/c1-26-19-10-9-14(12-18(19)22)13-5-4-6-15(11-13)23-20(24)16-7-2-3-8-17(16)21(23)25/h2-12H,1H3. The molecule has 0 atom stereocenters. The molecule has 5 heteroatoms. The Hall–Kier alpha value is -3.47. The Morgan fingerprint density at radius 2 is 1.46 bits per heavy atom. The van der Waals surface area contributed by atoms with Crippen LogP contribution < -0.4 is 9.64 Å². The van der Waals surface area contributed by atoms with E-state index >= 15 is 0 Å². The van der Waals surface area contributed by atoms with Crippen LogP contribution in [0, 0.1) is 5.82 Å². The third kappa shape index (κ3) is 2.45. The monoisotopic (exact) mass is 347 g/mol. The minimum atomic E-state index is -0.476. The van der Waals surface area contributed by atoms with Crippen molar-refractivity contribution in [3.8, 4) is 16.9 Å². The van der Waals surface area contributed by atoms with Crippen molar-refractivity contribution >= 4 is 17.5 Å². The van der Waals surface area contributed by atoms with Crippen molar-refractivity contribution in [1.82, 2.24) is 0 Å². The maximum atomic E-state index is 14.0. The number of anilines is 1. The molecule has 0 aromatic heterocycles. The van der Waals surface area contributed by atoms with Gasteiger partial charge in [0.2, 0.25) is 0 Å². The minimum absolute atomic E-state index is 0.158. The van der Waals surface area contributed by atoms with Crippen molar-refractivity contribution in [3.63, 3.8) is 0 Å². The number of amides is 2. The summed E-state index contributed by atoms with van der Waals surface area (Å²) in [5.41, 5.74) is 2.55. The van der Waals surface area contributed by atoms with Crippen molar-refractivity contribution in [3.05, 3.63) is 83.7 Å². The van der Waals surface area contributed by atoms with Crippen LogP contribution >= 0.6 is 0 Å². The molecule has 0 aliphatic carbocycles. The number of hydrogen-bond acceptors (Lipinski definition) is 3. The van der Waals surface area contributed by atoms with E-state index in [9.17, 15) is 14.0 Å². The van der Waals surface area contributed by atoms with Crippen LogP contribution in [0.4, 0.5) is 10.1 Å². The Morgan fingerprint density at radius 3 is 2.08 bits per heavy atom. The summed E-state index contributed by atoms with van der Waals surface area (Å²) < 4.78 is 18.9. The van der Waals surface area contributed by atoms with Crippen LogP contribution in [0.15, 0.2) is 66.7 Å². The van der Waals surface area contributed by atoms with Crippen LogP contribution in [0.1, 0.15) is 20.7 Å². The van der Waals surface area contributed by atoms with E-state index in [0.717, 1.165) is 4.90 Å². The summed E-state index contributed by atoms with van der Waals surface area (Å²) >= 11 is 0. The molecule has 2 amide bonds. The van der Waals surface area contributed by atoms with Crippen molar-refractivity contribution < 1.29 is 18.7 Å². The molecule has 128 valence electrons. The smallest absolute Gasteiger partial charge is 0.266 e. The number of rotatable bonds is 3. The van der Waals surface area contributed by atoms with Gasteiger partial charge in [-0.05, 0) is 47.5 Å². The van der Waals surface area contributed by atoms with Gasteiger partial charge in [-0.1, -0.05) is 30.3 Å². The molecule has 0 N–H and O–H groups in total. The summed E-state index contributed by atoms with van der Waals surface area (Å²) in [4.78, 5) is 26.4. The average molecular weight is 347 g/mol. The first-order valence-corrected chi connectivity index (χ1v) is 8.02. The van der Waals surface area contributed by atoms with E-state index < -0.39 is 5.82 Å². The highest BCUT2D eigenvalue weighted by Crippen LogP contribution is 2.32. The van der Waals surface area contributed by atoms with Crippen molar-refractivity contribution in [2.45, 2.75) is 0 Å². The van der Waals surface area contributed by atoms with Gasteiger partial charge in [0.1, 0.15) is 0 Å². The number of hydrogen-bond donors (Lipinski definition) is 0. The topological polar surface area (TPSA) is 46.6 Å². The van der Waals surface area contributed by atoms with E-state index in [0.29, 0.717) is 27.9 Å². The largest absolute Gasteiger partial charge is 0.494 e. The summed E-state index contributed by atoms with van der Waals surface area (Å²) in [5, 5.41) is 0. The molecule has 0 saturated heterocycles. The number of ether oxygens (including phenoxy) is 1. The number of carbonyl (C=O) groups is 2. The molecular weight excluding hydrogens is 333 g/mol. The first-order valence-electron chi connectivity index (χ1n) is 8.02. The fourth-order valence-electron chi connectivity index (χ4n) is 3.09. The van der Waals surface area contributed by atoms with Crippen LogP contribution in [0.5, 0.6) is 5.75 Å². The molecule has 0 spiro atoms. The number of methoxy groups -OCH3 is 1. The number of benzene rings is 3. The molecule has 0 fully saturated rings. The average Bonchev–Trinajstić information content (AvgIpc) is 2.93. The number of imide groups is 1. The van der Waals surface area contributed by atoms with Gasteiger partial charge in [0.15, 0.2) is 11.6 Å². The zero-order valence-electron chi connectivity index (χ0n) is 13.9. The van der Waals surface area contributed by atoms with Gasteiger partial charge in [-0.2, -0.15) is 0 Å². The number of nitrogens with zero attached hydrogens (tertiary/aromatic N) is 1. The lowest BCUT2D eigenvalue weighted by Gasteiger charge is -2.15. The third-order valence-corrected chi connectivity index (χ3v) is 4.38. The van der Waals surface area contributed by atoms with Gasteiger partial charge in [-0.25, -0.2) is 9.29 Å². The van der Waals surface area contributed by atoms with Gasteiger partial charge < -0.3 is 4.74 Å². The number of fused-ring (bicyclic) bond motifs is 1. The Bertz CT molecular complexity index is 1010. The second kappa shape index (κ2) is 6.11. The molecular formula is C21H14FNO3. The minimum Gasteiger partial charge on any atom is -0.494 e. The fraction of sp³-hybridized carbons (Fsp3) is 0.0476. The highest BCUT2D eigenvalue weighted by Gasteiger charge is 2.36.